The van der Waals surface area contributed by atoms with Crippen LogP contribution in [0.25, 0.3) is 21.7 Å². The number of hydrogen-bond donors (Lipinski definition) is 1. The number of carbonyl (C=O) groups excluding carboxylic acids is 1. The Labute approximate surface area is 201 Å². The van der Waals surface area contributed by atoms with Crippen molar-refractivity contribution in [1.29, 1.82) is 0 Å². The van der Waals surface area contributed by atoms with Crippen LogP contribution >= 0.6 is 23.1 Å². The van der Waals surface area contributed by atoms with Crippen molar-refractivity contribution in [1.82, 2.24) is 10.3 Å². The van der Waals surface area contributed by atoms with Gasteiger partial charge in [-0.1, -0.05) is 18.2 Å². The minimum Gasteiger partial charge on any atom is -0.497 e. The van der Waals surface area contributed by atoms with E-state index in [9.17, 15) is 4.79 Å². The average Bonchev–Trinajstić information content (AvgIpc) is 3.31. The second-order valence-electron chi connectivity index (χ2n) is 7.12. The van der Waals surface area contributed by atoms with E-state index < -0.39 is 0 Å². The molecule has 1 aromatic heterocycles. The molecule has 0 atom stereocenters. The summed E-state index contributed by atoms with van der Waals surface area (Å²) in [7, 11) is 3.30. The molecule has 0 saturated carbocycles. The van der Waals surface area contributed by atoms with Gasteiger partial charge in [0, 0.05) is 10.5 Å². The van der Waals surface area contributed by atoms with Gasteiger partial charge in [-0.3, -0.25) is 4.79 Å². The van der Waals surface area contributed by atoms with Crippen molar-refractivity contribution in [2.75, 3.05) is 20.0 Å². The van der Waals surface area contributed by atoms with Gasteiger partial charge in [0.2, 0.25) is 5.91 Å². The largest absolute Gasteiger partial charge is 0.497 e. The topological polar surface area (TPSA) is 60.5 Å². The van der Waals surface area contributed by atoms with Crippen LogP contribution in [0.3, 0.4) is 0 Å². The zero-order valence-electron chi connectivity index (χ0n) is 18.4. The van der Waals surface area contributed by atoms with Gasteiger partial charge in [-0.05, 0) is 66.2 Å². The Morgan fingerprint density at radius 1 is 0.879 bits per heavy atom. The third-order valence-electron chi connectivity index (χ3n) is 4.94. The molecule has 0 spiro atoms. The lowest BCUT2D eigenvalue weighted by atomic mass is 10.1. The van der Waals surface area contributed by atoms with Crippen molar-refractivity contribution >= 4 is 29.0 Å². The maximum absolute atomic E-state index is 12.4. The number of amides is 1. The molecule has 1 amide bonds. The average molecular weight is 477 g/mol. The van der Waals surface area contributed by atoms with Crippen molar-refractivity contribution in [2.24, 2.45) is 0 Å². The number of rotatable bonds is 9. The molecule has 7 heteroatoms. The number of nitrogens with zero attached hydrogens (tertiary/aromatic N) is 1. The predicted molar refractivity (Wildman–Crippen MR) is 135 cm³/mol. The number of ether oxygens (including phenoxy) is 2. The van der Waals surface area contributed by atoms with Crippen LogP contribution in [0, 0.1) is 0 Å². The van der Waals surface area contributed by atoms with Crippen LogP contribution in [0.5, 0.6) is 11.5 Å². The lowest BCUT2D eigenvalue weighted by Crippen LogP contribution is -2.24. The molecule has 0 unspecified atom stereocenters. The summed E-state index contributed by atoms with van der Waals surface area (Å²) < 4.78 is 10.6. The van der Waals surface area contributed by atoms with Gasteiger partial charge in [-0.2, -0.15) is 0 Å². The Kier molecular flexibility index (Phi) is 7.65. The maximum Gasteiger partial charge on any atom is 0.230 e. The molecular weight excluding hydrogens is 452 g/mol. The highest BCUT2D eigenvalue weighted by Crippen LogP contribution is 2.38. The molecule has 4 rings (SSSR count). The van der Waals surface area contributed by atoms with Gasteiger partial charge in [0.15, 0.2) is 0 Å². The van der Waals surface area contributed by atoms with Crippen LogP contribution in [0.2, 0.25) is 0 Å². The number of aromatic nitrogens is 1. The Balaban J connectivity index is 1.52. The standard InChI is InChI=1S/C26H24N2O3S2/c1-30-20-12-8-18(9-13-20)25-26(19-10-14-21(31-2)15-11-19)33-24(28-25)16-27-23(29)17-32-22-6-4-3-5-7-22/h3-15H,16-17H2,1-2H3,(H,27,29). The Hall–Kier alpha value is -3.29. The molecule has 4 aromatic rings. The number of hydrogen-bond acceptors (Lipinski definition) is 6. The van der Waals surface area contributed by atoms with Crippen molar-refractivity contribution in [2.45, 2.75) is 11.4 Å². The van der Waals surface area contributed by atoms with Crippen molar-refractivity contribution in [3.8, 4) is 33.2 Å². The van der Waals surface area contributed by atoms with Gasteiger partial charge in [-0.15, -0.1) is 23.1 Å². The summed E-state index contributed by atoms with van der Waals surface area (Å²) in [6.45, 7) is 0.387. The summed E-state index contributed by atoms with van der Waals surface area (Å²) in [5, 5.41) is 3.85. The Bertz CT molecular complexity index is 1130. The third kappa shape index (κ3) is 5.94. The SMILES string of the molecule is COc1ccc(-c2nc(CNC(=O)CSc3ccccc3)sc2-c2ccc(OC)cc2)cc1. The van der Waals surface area contributed by atoms with Gasteiger partial charge < -0.3 is 14.8 Å². The summed E-state index contributed by atoms with van der Waals surface area (Å²) in [5.41, 5.74) is 2.93. The molecule has 0 aliphatic heterocycles. The van der Waals surface area contributed by atoms with Crippen molar-refractivity contribution in [3.05, 3.63) is 83.9 Å². The molecule has 0 saturated heterocycles. The summed E-state index contributed by atoms with van der Waals surface area (Å²) >= 11 is 3.10. The number of methoxy groups -OCH3 is 2. The van der Waals surface area contributed by atoms with Gasteiger partial charge in [0.05, 0.1) is 37.1 Å². The minimum absolute atomic E-state index is 0.0175. The normalized spacial score (nSPS) is 10.6. The molecule has 168 valence electrons. The van der Waals surface area contributed by atoms with Crippen molar-refractivity contribution in [3.63, 3.8) is 0 Å². The zero-order valence-corrected chi connectivity index (χ0v) is 20.0. The number of nitrogens with one attached hydrogen (secondary N) is 1. The molecule has 0 radical (unpaired) electrons. The summed E-state index contributed by atoms with van der Waals surface area (Å²) in [6.07, 6.45) is 0. The van der Waals surface area contributed by atoms with Crippen LogP contribution in [0.4, 0.5) is 0 Å². The van der Waals surface area contributed by atoms with Gasteiger partial charge in [0.25, 0.3) is 0 Å². The molecule has 0 bridgehead atoms. The van der Waals surface area contributed by atoms with Gasteiger partial charge in [-0.25, -0.2) is 4.98 Å². The number of benzene rings is 3. The third-order valence-corrected chi connectivity index (χ3v) is 7.05. The van der Waals surface area contributed by atoms with Crippen LogP contribution in [-0.4, -0.2) is 30.9 Å². The highest BCUT2D eigenvalue weighted by Gasteiger charge is 2.16. The summed E-state index contributed by atoms with van der Waals surface area (Å²) in [6, 6.07) is 25.7. The zero-order chi connectivity index (χ0) is 23.0. The summed E-state index contributed by atoms with van der Waals surface area (Å²) in [5.74, 6) is 1.95. The predicted octanol–water partition coefficient (Wildman–Crippen LogP) is 5.90. The van der Waals surface area contributed by atoms with E-state index in [1.807, 2.05) is 78.9 Å². The smallest absolute Gasteiger partial charge is 0.230 e. The first-order valence-corrected chi connectivity index (χ1v) is 12.2. The first-order chi connectivity index (χ1) is 16.2. The van der Waals surface area contributed by atoms with Crippen LogP contribution in [0.1, 0.15) is 5.01 Å². The Morgan fingerprint density at radius 2 is 1.48 bits per heavy atom. The van der Waals surface area contributed by atoms with E-state index in [1.54, 1.807) is 25.6 Å². The lowest BCUT2D eigenvalue weighted by molar-refractivity contribution is -0.118. The number of carbonyl (C=O) groups is 1. The van der Waals surface area contributed by atoms with E-state index in [2.05, 4.69) is 5.32 Å². The molecular formula is C26H24N2O3S2. The molecule has 1 heterocycles. The second-order valence-corrected chi connectivity index (χ2v) is 9.25. The first-order valence-electron chi connectivity index (χ1n) is 10.4. The molecule has 1 N–H and O–H groups in total. The molecule has 0 aliphatic rings. The van der Waals surface area contributed by atoms with Crippen LogP contribution in [0.15, 0.2) is 83.8 Å². The van der Waals surface area contributed by atoms with Gasteiger partial charge in [0.1, 0.15) is 16.5 Å². The van der Waals surface area contributed by atoms with E-state index in [-0.39, 0.29) is 5.91 Å². The molecule has 5 nitrogen and oxygen atoms in total. The van der Waals surface area contributed by atoms with E-state index >= 15 is 0 Å². The van der Waals surface area contributed by atoms with E-state index in [4.69, 9.17) is 14.5 Å². The molecule has 3 aromatic carbocycles. The van der Waals surface area contributed by atoms with Crippen LogP contribution < -0.4 is 14.8 Å². The lowest BCUT2D eigenvalue weighted by Gasteiger charge is -2.05. The number of thiazole rings is 1. The fourth-order valence-corrected chi connectivity index (χ4v) is 4.99. The molecule has 0 aliphatic carbocycles. The summed E-state index contributed by atoms with van der Waals surface area (Å²) in [4.78, 5) is 19.4. The Morgan fingerprint density at radius 3 is 2.09 bits per heavy atom. The second kappa shape index (κ2) is 11.0. The minimum atomic E-state index is -0.0175. The maximum atomic E-state index is 12.4. The molecule has 33 heavy (non-hydrogen) atoms. The van der Waals surface area contributed by atoms with E-state index in [0.717, 1.165) is 43.1 Å². The van der Waals surface area contributed by atoms with E-state index in [1.165, 1.54) is 11.8 Å². The quantitative estimate of drug-likeness (QED) is 0.305. The van der Waals surface area contributed by atoms with Crippen LogP contribution in [-0.2, 0) is 11.3 Å². The highest BCUT2D eigenvalue weighted by molar-refractivity contribution is 8.00. The fourth-order valence-electron chi connectivity index (χ4n) is 3.21. The van der Waals surface area contributed by atoms with Gasteiger partial charge >= 0.3 is 0 Å². The molecule has 0 fully saturated rings. The monoisotopic (exact) mass is 476 g/mol. The van der Waals surface area contributed by atoms with Crippen molar-refractivity contribution < 1.29 is 14.3 Å². The highest BCUT2D eigenvalue weighted by atomic mass is 32.2. The number of thioether (sulfide) groups is 1. The van der Waals surface area contributed by atoms with E-state index in [0.29, 0.717) is 12.3 Å². The first kappa shape index (κ1) is 22.9. The fraction of sp³-hybridized carbons (Fsp3) is 0.154.